The number of alkyl halides is 2. The molecule has 1 aromatic carbocycles. The predicted molar refractivity (Wildman–Crippen MR) is 79.0 cm³/mol. The zero-order valence-electron chi connectivity index (χ0n) is 11.3. The first-order chi connectivity index (χ1) is 10.0. The second kappa shape index (κ2) is 5.68. The molecule has 0 saturated heterocycles. The van der Waals surface area contributed by atoms with Crippen molar-refractivity contribution in [3.63, 3.8) is 0 Å². The van der Waals surface area contributed by atoms with Crippen molar-refractivity contribution >= 4 is 44.7 Å². The van der Waals surface area contributed by atoms with Crippen molar-refractivity contribution < 1.29 is 22.9 Å². The van der Waals surface area contributed by atoms with Crippen molar-refractivity contribution in [1.29, 1.82) is 0 Å². The molecule has 0 radical (unpaired) electrons. The van der Waals surface area contributed by atoms with Crippen molar-refractivity contribution in [1.82, 2.24) is 0 Å². The van der Waals surface area contributed by atoms with Gasteiger partial charge in [-0.05, 0) is 18.6 Å². The number of sulfone groups is 1. The van der Waals surface area contributed by atoms with E-state index in [-0.39, 0.29) is 18.1 Å². The minimum atomic E-state index is -3.78. The van der Waals surface area contributed by atoms with Gasteiger partial charge >= 0.3 is 5.97 Å². The highest BCUT2D eigenvalue weighted by Crippen LogP contribution is 2.53. The summed E-state index contributed by atoms with van der Waals surface area (Å²) in [7, 11) is -3.78. The van der Waals surface area contributed by atoms with Crippen LogP contribution in [-0.2, 0) is 14.6 Å². The van der Waals surface area contributed by atoms with E-state index in [4.69, 9.17) is 27.9 Å². The molecule has 10 heteroatoms. The van der Waals surface area contributed by atoms with Crippen molar-refractivity contribution in [2.75, 3.05) is 12.9 Å². The number of halogens is 2. The molecule has 1 atom stereocenters. The van der Waals surface area contributed by atoms with E-state index in [0.717, 1.165) is 24.5 Å². The third-order valence-corrected chi connectivity index (χ3v) is 5.23. The van der Waals surface area contributed by atoms with Crippen LogP contribution in [0.4, 0.5) is 5.69 Å². The molecular formula is C12H11Cl2NO6S. The normalized spacial score (nSPS) is 19.5. The Labute approximate surface area is 136 Å². The summed E-state index contributed by atoms with van der Waals surface area (Å²) in [6.07, 6.45) is 1.34. The van der Waals surface area contributed by atoms with Crippen LogP contribution >= 0.6 is 23.2 Å². The van der Waals surface area contributed by atoms with Crippen molar-refractivity contribution in [3.8, 4) is 0 Å². The molecule has 0 aliphatic heterocycles. The van der Waals surface area contributed by atoms with E-state index in [0.29, 0.717) is 6.42 Å². The number of ether oxygens (including phenoxy) is 1. The fraction of sp³-hybridized carbons (Fsp3) is 0.417. The third kappa shape index (κ3) is 3.68. The van der Waals surface area contributed by atoms with Crippen LogP contribution in [0.3, 0.4) is 0 Å². The third-order valence-electron chi connectivity index (χ3n) is 3.16. The maximum Gasteiger partial charge on any atom is 0.338 e. The Morgan fingerprint density at radius 3 is 2.55 bits per heavy atom. The molecule has 1 fully saturated rings. The van der Waals surface area contributed by atoms with Crippen LogP contribution in [0.1, 0.15) is 16.8 Å². The Morgan fingerprint density at radius 2 is 2.09 bits per heavy atom. The Bertz CT molecular complexity index is 746. The topological polar surface area (TPSA) is 104 Å². The molecule has 0 unspecified atom stereocenters. The van der Waals surface area contributed by atoms with E-state index >= 15 is 0 Å². The Hall–Kier alpha value is -1.38. The molecule has 0 amide bonds. The summed E-state index contributed by atoms with van der Waals surface area (Å²) in [5.74, 6) is -0.982. The molecule has 120 valence electrons. The highest BCUT2D eigenvalue weighted by atomic mass is 35.5. The van der Waals surface area contributed by atoms with Crippen LogP contribution in [-0.4, -0.2) is 36.5 Å². The van der Waals surface area contributed by atoms with Crippen LogP contribution in [0.2, 0.25) is 0 Å². The van der Waals surface area contributed by atoms with E-state index in [1.807, 2.05) is 0 Å². The van der Waals surface area contributed by atoms with Crippen molar-refractivity contribution in [3.05, 3.63) is 33.9 Å². The average Bonchev–Trinajstić information content (AvgIpc) is 3.01. The van der Waals surface area contributed by atoms with Gasteiger partial charge in [0.15, 0.2) is 9.84 Å². The minimum Gasteiger partial charge on any atom is -0.462 e. The largest absolute Gasteiger partial charge is 0.462 e. The highest BCUT2D eigenvalue weighted by Gasteiger charge is 2.52. The summed E-state index contributed by atoms with van der Waals surface area (Å²) >= 11 is 11.6. The number of carbonyl (C=O) groups excluding carboxylic acids is 1. The SMILES string of the molecule is CS(=O)(=O)c1ccc(C(=O)OC[C@@H]2CC2(Cl)Cl)cc1[N+](=O)[O-]. The molecule has 0 aromatic heterocycles. The number of esters is 1. The van der Waals surface area contributed by atoms with E-state index in [2.05, 4.69) is 0 Å². The molecule has 7 nitrogen and oxygen atoms in total. The molecule has 0 heterocycles. The summed E-state index contributed by atoms with van der Waals surface area (Å²) in [6.45, 7) is -0.00649. The smallest absolute Gasteiger partial charge is 0.338 e. The first-order valence-corrected chi connectivity index (χ1v) is 8.70. The number of nitrogens with zero attached hydrogens (tertiary/aromatic N) is 1. The first-order valence-electron chi connectivity index (χ1n) is 6.06. The molecule has 0 bridgehead atoms. The second-order valence-electron chi connectivity index (χ2n) is 4.97. The minimum absolute atomic E-state index is 0.00649. The van der Waals surface area contributed by atoms with Gasteiger partial charge < -0.3 is 4.74 Å². The van der Waals surface area contributed by atoms with Gasteiger partial charge in [0.2, 0.25) is 0 Å². The summed E-state index contributed by atoms with van der Waals surface area (Å²) in [6, 6.07) is 3.04. The summed E-state index contributed by atoms with van der Waals surface area (Å²) in [4.78, 5) is 21.5. The molecule has 0 spiro atoms. The molecule has 1 aliphatic rings. The maximum atomic E-state index is 11.8. The number of rotatable bonds is 5. The first kappa shape index (κ1) is 17.0. The zero-order chi connectivity index (χ0) is 16.7. The number of benzene rings is 1. The highest BCUT2D eigenvalue weighted by molar-refractivity contribution is 7.90. The lowest BCUT2D eigenvalue weighted by Gasteiger charge is -2.06. The molecule has 1 aliphatic carbocycles. The van der Waals surface area contributed by atoms with Crippen LogP contribution in [0.25, 0.3) is 0 Å². The van der Waals surface area contributed by atoms with E-state index in [9.17, 15) is 23.3 Å². The second-order valence-corrected chi connectivity index (χ2v) is 8.50. The van der Waals surface area contributed by atoms with Gasteiger partial charge in [0.25, 0.3) is 5.69 Å². The fourth-order valence-corrected chi connectivity index (χ4v) is 3.14. The van der Waals surface area contributed by atoms with Gasteiger partial charge in [0, 0.05) is 18.2 Å². The standard InChI is InChI=1S/C12H11Cl2NO6S/c1-22(19,20)10-3-2-7(4-9(10)15(17)18)11(16)21-6-8-5-12(8,13)14/h2-4,8H,5-6H2,1H3/t8-/m0/s1. The molecule has 22 heavy (non-hydrogen) atoms. The van der Waals surface area contributed by atoms with Crippen LogP contribution in [0.5, 0.6) is 0 Å². The van der Waals surface area contributed by atoms with E-state index < -0.39 is 35.6 Å². The monoisotopic (exact) mass is 367 g/mol. The molecule has 2 rings (SSSR count). The van der Waals surface area contributed by atoms with Gasteiger partial charge in [-0.2, -0.15) is 0 Å². The predicted octanol–water partition coefficient (Wildman–Crippen LogP) is 2.35. The lowest BCUT2D eigenvalue weighted by atomic mass is 10.2. The van der Waals surface area contributed by atoms with E-state index in [1.165, 1.54) is 0 Å². The van der Waals surface area contributed by atoms with E-state index in [1.54, 1.807) is 0 Å². The Balaban J connectivity index is 2.20. The van der Waals surface area contributed by atoms with Crippen molar-refractivity contribution in [2.24, 2.45) is 5.92 Å². The summed E-state index contributed by atoms with van der Waals surface area (Å²) in [5.41, 5.74) is -0.790. The van der Waals surface area contributed by atoms with Gasteiger partial charge in [0.05, 0.1) is 17.1 Å². The maximum absolute atomic E-state index is 11.8. The van der Waals surface area contributed by atoms with Gasteiger partial charge in [0.1, 0.15) is 9.23 Å². The Kier molecular flexibility index (Phi) is 4.38. The van der Waals surface area contributed by atoms with Crippen LogP contribution in [0, 0.1) is 16.0 Å². The molecule has 1 aromatic rings. The van der Waals surface area contributed by atoms with Gasteiger partial charge in [-0.15, -0.1) is 23.2 Å². The van der Waals surface area contributed by atoms with Crippen molar-refractivity contribution in [2.45, 2.75) is 15.6 Å². The van der Waals surface area contributed by atoms with Gasteiger partial charge in [-0.3, -0.25) is 10.1 Å². The number of hydrogen-bond donors (Lipinski definition) is 0. The zero-order valence-corrected chi connectivity index (χ0v) is 13.6. The summed E-state index contributed by atoms with van der Waals surface area (Å²) in [5, 5.41) is 11.0. The number of hydrogen-bond acceptors (Lipinski definition) is 6. The fourth-order valence-electron chi connectivity index (χ4n) is 1.81. The number of carbonyl (C=O) groups is 1. The quantitative estimate of drug-likeness (QED) is 0.342. The number of nitro groups is 1. The summed E-state index contributed by atoms with van der Waals surface area (Å²) < 4.78 is 27.0. The Morgan fingerprint density at radius 1 is 1.50 bits per heavy atom. The lowest BCUT2D eigenvalue weighted by molar-refractivity contribution is -0.387. The average molecular weight is 368 g/mol. The van der Waals surface area contributed by atoms with Gasteiger partial charge in [-0.25, -0.2) is 13.2 Å². The molecular weight excluding hydrogens is 357 g/mol. The lowest BCUT2D eigenvalue weighted by Crippen LogP contribution is -2.11. The van der Waals surface area contributed by atoms with Gasteiger partial charge in [-0.1, -0.05) is 0 Å². The number of nitro benzene ring substituents is 1. The molecule has 1 saturated carbocycles. The molecule has 0 N–H and O–H groups in total. The van der Waals surface area contributed by atoms with Crippen LogP contribution in [0.15, 0.2) is 23.1 Å². The van der Waals surface area contributed by atoms with Crippen LogP contribution < -0.4 is 0 Å².